The van der Waals surface area contributed by atoms with E-state index in [2.05, 4.69) is 39.1 Å². The second-order valence-corrected chi connectivity index (χ2v) is 10.4. The average molecular weight is 504 g/mol. The Kier molecular flexibility index (Phi) is 7.56. The summed E-state index contributed by atoms with van der Waals surface area (Å²) in [6, 6.07) is 10.3. The molecule has 0 radical (unpaired) electrons. The molecule has 9 nitrogen and oxygen atoms in total. The molecular weight excluding hydrogens is 474 g/mol. The van der Waals surface area contributed by atoms with Crippen molar-refractivity contribution in [3.05, 3.63) is 42.7 Å². The first-order valence-electron chi connectivity index (χ1n) is 11.1. The van der Waals surface area contributed by atoms with Crippen molar-refractivity contribution in [2.24, 2.45) is 0 Å². The summed E-state index contributed by atoms with van der Waals surface area (Å²) in [7, 11) is -3.27. The summed E-state index contributed by atoms with van der Waals surface area (Å²) in [5.74, 6) is 0.360. The molecule has 0 amide bonds. The van der Waals surface area contributed by atoms with E-state index in [4.69, 9.17) is 14.5 Å². The topological polar surface area (TPSA) is 97.8 Å². The average Bonchev–Trinajstić information content (AvgIpc) is 3.37. The molecule has 0 spiro atoms. The molecule has 2 fully saturated rings. The molecule has 11 heteroatoms. The van der Waals surface area contributed by atoms with Crippen molar-refractivity contribution in [1.29, 1.82) is 0 Å². The van der Waals surface area contributed by atoms with Crippen molar-refractivity contribution in [1.82, 2.24) is 19.3 Å². The molecule has 5 rings (SSSR count). The van der Waals surface area contributed by atoms with Gasteiger partial charge in [-0.05, 0) is 31.0 Å². The van der Waals surface area contributed by atoms with Crippen LogP contribution in [0, 0.1) is 0 Å². The van der Waals surface area contributed by atoms with Crippen LogP contribution in [-0.4, -0.2) is 79.4 Å². The highest BCUT2D eigenvalue weighted by atomic mass is 32.2. The Bertz CT molecular complexity index is 1230. The zero-order chi connectivity index (χ0) is 22.8. The predicted molar refractivity (Wildman–Crippen MR) is 136 cm³/mol. The van der Waals surface area contributed by atoms with E-state index in [0.717, 1.165) is 24.3 Å². The maximum absolute atomic E-state index is 11.9. The molecule has 2 aliphatic rings. The maximum Gasteiger partial charge on any atom is 0.242 e. The van der Waals surface area contributed by atoms with E-state index in [1.165, 1.54) is 29.1 Å². The van der Waals surface area contributed by atoms with Gasteiger partial charge in [-0.3, -0.25) is 4.98 Å². The van der Waals surface area contributed by atoms with Crippen molar-refractivity contribution in [3.63, 3.8) is 0 Å². The highest BCUT2D eigenvalue weighted by Crippen LogP contribution is 2.29. The van der Waals surface area contributed by atoms with Gasteiger partial charge >= 0.3 is 0 Å². The lowest BCUT2D eigenvalue weighted by atomic mass is 10.1. The van der Waals surface area contributed by atoms with E-state index < -0.39 is 10.0 Å². The highest BCUT2D eigenvalue weighted by molar-refractivity contribution is 7.88. The van der Waals surface area contributed by atoms with E-state index >= 15 is 0 Å². The third kappa shape index (κ3) is 5.43. The van der Waals surface area contributed by atoms with Crippen molar-refractivity contribution in [2.75, 3.05) is 50.5 Å². The zero-order valence-corrected chi connectivity index (χ0v) is 20.9. The number of aromatic nitrogens is 3. The fraction of sp³-hybridized carbons (Fsp3) is 0.435. The first-order valence-corrected chi connectivity index (χ1v) is 13.0. The smallest absolute Gasteiger partial charge is 0.242 e. The Morgan fingerprint density at radius 2 is 1.82 bits per heavy atom. The fourth-order valence-electron chi connectivity index (χ4n) is 4.28. The van der Waals surface area contributed by atoms with Gasteiger partial charge in [0.1, 0.15) is 12.7 Å². The maximum atomic E-state index is 11.9. The number of hydrogen-bond acceptors (Lipinski definition) is 8. The van der Waals surface area contributed by atoms with Gasteiger partial charge < -0.3 is 14.4 Å². The third-order valence-electron chi connectivity index (χ3n) is 6.04. The number of pyridine rings is 1. The van der Waals surface area contributed by atoms with Crippen molar-refractivity contribution >= 4 is 40.2 Å². The second kappa shape index (κ2) is 10.4. The highest BCUT2D eigenvalue weighted by Gasteiger charge is 2.27. The summed E-state index contributed by atoms with van der Waals surface area (Å²) >= 11 is 0. The molecule has 3 aromatic rings. The second-order valence-electron chi connectivity index (χ2n) is 8.40. The van der Waals surface area contributed by atoms with Crippen LogP contribution in [0.4, 0.5) is 5.69 Å². The van der Waals surface area contributed by atoms with Gasteiger partial charge in [-0.25, -0.2) is 18.4 Å². The van der Waals surface area contributed by atoms with Gasteiger partial charge in [0.05, 0.1) is 24.1 Å². The quantitative estimate of drug-likeness (QED) is 0.506. The van der Waals surface area contributed by atoms with Crippen LogP contribution in [-0.2, 0) is 14.8 Å². The van der Waals surface area contributed by atoms with Crippen LogP contribution in [0.25, 0.3) is 22.3 Å². The van der Waals surface area contributed by atoms with Gasteiger partial charge in [0.15, 0.2) is 5.52 Å². The fourth-order valence-corrected chi connectivity index (χ4v) is 5.12. The lowest BCUT2D eigenvalue weighted by Crippen LogP contribution is -2.47. The first-order chi connectivity index (χ1) is 16.0. The summed E-state index contributed by atoms with van der Waals surface area (Å²) in [5.41, 5.74) is 4.17. The lowest BCUT2D eigenvalue weighted by molar-refractivity contribution is -0.0252. The van der Waals surface area contributed by atoms with E-state index in [9.17, 15) is 8.42 Å². The van der Waals surface area contributed by atoms with E-state index in [1.807, 2.05) is 6.07 Å². The number of nitrogens with zero attached hydrogens (tertiary/aromatic N) is 5. The van der Waals surface area contributed by atoms with E-state index in [-0.39, 0.29) is 32.8 Å². The number of morpholine rings is 1. The molecule has 0 N–H and O–H groups in total. The molecule has 2 saturated heterocycles. The number of hydrogen-bond donors (Lipinski definition) is 0. The molecule has 0 unspecified atom stereocenters. The van der Waals surface area contributed by atoms with Gasteiger partial charge in [-0.1, -0.05) is 12.1 Å². The molecule has 0 bridgehead atoms. The standard InChI is InChI=1S/C23H27N5O4S.H2S/c1-33(29,30)28-12-13-31-19(15-28)16-32-23-22-21(24-8-9-25-22)14-20(26-23)17-4-6-18(7-5-17)27-10-2-3-11-27;/h4-9,14,19H,2-3,10-13,15-16H2,1H3;1H2/t19-;/m0./s1. The summed E-state index contributed by atoms with van der Waals surface area (Å²) in [5, 5.41) is 0. The predicted octanol–water partition coefficient (Wildman–Crippen LogP) is 2.44. The third-order valence-corrected chi connectivity index (χ3v) is 7.30. The van der Waals surface area contributed by atoms with E-state index in [1.54, 1.807) is 12.4 Å². The Morgan fingerprint density at radius 1 is 1.09 bits per heavy atom. The Morgan fingerprint density at radius 3 is 2.56 bits per heavy atom. The molecule has 2 aromatic heterocycles. The van der Waals surface area contributed by atoms with Crippen molar-refractivity contribution in [3.8, 4) is 17.1 Å². The minimum atomic E-state index is -3.27. The van der Waals surface area contributed by atoms with Gasteiger partial charge in [0.2, 0.25) is 15.9 Å². The van der Waals surface area contributed by atoms with Gasteiger partial charge in [0, 0.05) is 49.8 Å². The molecule has 2 aliphatic heterocycles. The molecule has 4 heterocycles. The number of ether oxygens (including phenoxy) is 2. The number of benzene rings is 1. The lowest BCUT2D eigenvalue weighted by Gasteiger charge is -2.30. The normalized spacial score (nSPS) is 19.2. The first kappa shape index (κ1) is 24.6. The monoisotopic (exact) mass is 503 g/mol. The van der Waals surface area contributed by atoms with Crippen LogP contribution in [0.3, 0.4) is 0 Å². The largest absolute Gasteiger partial charge is 0.473 e. The minimum Gasteiger partial charge on any atom is -0.473 e. The van der Waals surface area contributed by atoms with Crippen LogP contribution < -0.4 is 9.64 Å². The van der Waals surface area contributed by atoms with Crippen LogP contribution in [0.1, 0.15) is 12.8 Å². The SMILES string of the molecule is CS(=O)(=O)N1CCO[C@H](COc2nc(-c3ccc(N4CCCC4)cc3)cc3nccnc23)C1.S. The van der Waals surface area contributed by atoms with Gasteiger partial charge in [-0.15, -0.1) is 0 Å². The number of fused-ring (bicyclic) bond motifs is 1. The van der Waals surface area contributed by atoms with Crippen LogP contribution in [0.15, 0.2) is 42.7 Å². The summed E-state index contributed by atoms with van der Waals surface area (Å²) in [6.07, 6.45) is 6.54. The van der Waals surface area contributed by atoms with Crippen LogP contribution >= 0.6 is 13.5 Å². The Hall–Kier alpha value is -2.47. The molecule has 34 heavy (non-hydrogen) atoms. The van der Waals surface area contributed by atoms with Crippen LogP contribution in [0.5, 0.6) is 5.88 Å². The zero-order valence-electron chi connectivity index (χ0n) is 19.1. The summed E-state index contributed by atoms with van der Waals surface area (Å²) in [6.45, 7) is 3.30. The molecule has 182 valence electrons. The summed E-state index contributed by atoms with van der Waals surface area (Å²) in [4.78, 5) is 15.9. The molecule has 0 aliphatic carbocycles. The molecule has 1 aromatic carbocycles. The molecule has 1 atom stereocenters. The van der Waals surface area contributed by atoms with Gasteiger partial charge in [-0.2, -0.15) is 17.8 Å². The number of anilines is 1. The van der Waals surface area contributed by atoms with Crippen molar-refractivity contribution in [2.45, 2.75) is 18.9 Å². The Balaban J connectivity index is 0.00000274. The van der Waals surface area contributed by atoms with E-state index in [0.29, 0.717) is 30.1 Å². The Labute approximate surface area is 206 Å². The number of rotatable bonds is 6. The number of sulfonamides is 1. The van der Waals surface area contributed by atoms with Crippen LogP contribution in [0.2, 0.25) is 0 Å². The molecule has 0 saturated carbocycles. The molecular formula is C23H29N5O4S2. The van der Waals surface area contributed by atoms with Crippen molar-refractivity contribution < 1.29 is 17.9 Å². The minimum absolute atomic E-state index is 0. The van der Waals surface area contributed by atoms with Gasteiger partial charge in [0.25, 0.3) is 0 Å². The summed E-state index contributed by atoms with van der Waals surface area (Å²) < 4.78 is 36.9.